The highest BCUT2D eigenvalue weighted by Crippen LogP contribution is 2.15. The quantitative estimate of drug-likeness (QED) is 0.362. The van der Waals surface area contributed by atoms with Crippen LogP contribution >= 0.6 is 12.9 Å². The van der Waals surface area contributed by atoms with Crippen molar-refractivity contribution in [2.45, 2.75) is 0 Å². The lowest BCUT2D eigenvalue weighted by atomic mass is 10.3. The normalized spacial score (nSPS) is 11.3. The molecule has 2 aromatic rings. The summed E-state index contributed by atoms with van der Waals surface area (Å²) < 4.78 is 9.50. The van der Waals surface area contributed by atoms with Crippen molar-refractivity contribution in [1.29, 1.82) is 5.26 Å². The van der Waals surface area contributed by atoms with Crippen LogP contribution in [0, 0.1) is 11.3 Å². The first-order valence-corrected chi connectivity index (χ1v) is 4.36. The fraction of sp³-hybridized carbons (Fsp3) is 0. The van der Waals surface area contributed by atoms with E-state index >= 15 is 0 Å². The van der Waals surface area contributed by atoms with Crippen LogP contribution in [0.4, 0.5) is 0 Å². The van der Waals surface area contributed by atoms with Gasteiger partial charge in [0.25, 0.3) is 5.89 Å². The van der Waals surface area contributed by atoms with Crippen LogP contribution < -0.4 is 0 Å². The van der Waals surface area contributed by atoms with Crippen molar-refractivity contribution >= 4 is 29.7 Å². The van der Waals surface area contributed by atoms with Gasteiger partial charge >= 0.3 is 0 Å². The van der Waals surface area contributed by atoms with E-state index < -0.39 is 0 Å². The molecule has 5 nitrogen and oxygen atoms in total. The van der Waals surface area contributed by atoms with E-state index in [1.807, 2.05) is 12.1 Å². The minimum absolute atomic E-state index is 0.0544. The summed E-state index contributed by atoms with van der Waals surface area (Å²) in [7, 11) is 0. The average molecular weight is 219 g/mol. The summed E-state index contributed by atoms with van der Waals surface area (Å²) in [6, 6.07) is 8.97. The highest BCUT2D eigenvalue weighted by Gasteiger charge is 2.12. The van der Waals surface area contributed by atoms with E-state index in [1.165, 1.54) is 0 Å². The first kappa shape index (κ1) is 9.55. The fourth-order valence-electron chi connectivity index (χ4n) is 1.12. The maximum absolute atomic E-state index is 8.74. The Morgan fingerprint density at radius 2 is 2.33 bits per heavy atom. The molecule has 0 N–H and O–H groups in total. The van der Waals surface area contributed by atoms with Gasteiger partial charge in [-0.25, -0.2) is 4.98 Å². The first-order chi connectivity index (χ1) is 7.35. The number of thiol groups is 1. The van der Waals surface area contributed by atoms with E-state index in [2.05, 4.69) is 27.3 Å². The number of nitriles is 1. The van der Waals surface area contributed by atoms with Crippen molar-refractivity contribution in [2.75, 3.05) is 0 Å². The molecule has 0 saturated carbocycles. The van der Waals surface area contributed by atoms with Crippen molar-refractivity contribution in [2.24, 2.45) is 5.16 Å². The zero-order valence-electron chi connectivity index (χ0n) is 7.41. The number of para-hydroxylation sites is 2. The molecule has 2 rings (SSSR count). The standard InChI is InChI=1S/C9H5N3O2S/c10-5-7(12-14-15)9-11-6-3-1-2-4-8(6)13-9/h1-4,15H/b12-7+. The van der Waals surface area contributed by atoms with Gasteiger partial charge in [0.15, 0.2) is 5.58 Å². The van der Waals surface area contributed by atoms with Gasteiger partial charge in [-0.05, 0) is 12.1 Å². The minimum atomic E-state index is -0.0544. The molecule has 1 aromatic carbocycles. The number of fused-ring (bicyclic) bond motifs is 1. The van der Waals surface area contributed by atoms with Crippen molar-refractivity contribution in [1.82, 2.24) is 4.98 Å². The number of hydrogen-bond donors (Lipinski definition) is 1. The number of benzene rings is 1. The van der Waals surface area contributed by atoms with Crippen molar-refractivity contribution in [3.63, 3.8) is 0 Å². The topological polar surface area (TPSA) is 71.4 Å². The number of oxime groups is 1. The number of aromatic nitrogens is 1. The van der Waals surface area contributed by atoms with Crippen LogP contribution in [-0.4, -0.2) is 10.7 Å². The Bertz CT molecular complexity index is 523. The maximum Gasteiger partial charge on any atom is 0.261 e. The molecular weight excluding hydrogens is 214 g/mol. The molecule has 0 unspecified atom stereocenters. The van der Waals surface area contributed by atoms with E-state index in [4.69, 9.17) is 9.68 Å². The SMILES string of the molecule is N#C/C(=N\OS)c1nc2ccccc2o1. The highest BCUT2D eigenvalue weighted by molar-refractivity contribution is 7.75. The van der Waals surface area contributed by atoms with Crippen LogP contribution in [-0.2, 0) is 4.28 Å². The lowest BCUT2D eigenvalue weighted by Crippen LogP contribution is -1.96. The van der Waals surface area contributed by atoms with Gasteiger partial charge in [-0.3, -0.25) is 0 Å². The molecule has 6 heteroatoms. The smallest absolute Gasteiger partial charge is 0.261 e. The summed E-state index contributed by atoms with van der Waals surface area (Å²) >= 11 is 3.42. The summed E-state index contributed by atoms with van der Waals surface area (Å²) in [5.41, 5.74) is 1.20. The minimum Gasteiger partial charge on any atom is -0.434 e. The molecule has 0 aliphatic carbocycles. The molecule has 0 spiro atoms. The van der Waals surface area contributed by atoms with Gasteiger partial charge < -0.3 is 8.70 Å². The Balaban J connectivity index is 2.54. The molecule has 1 heterocycles. The lowest BCUT2D eigenvalue weighted by Gasteiger charge is -1.86. The molecule has 0 radical (unpaired) electrons. The van der Waals surface area contributed by atoms with E-state index in [9.17, 15) is 0 Å². The van der Waals surface area contributed by atoms with E-state index in [0.717, 1.165) is 0 Å². The van der Waals surface area contributed by atoms with Gasteiger partial charge in [0.05, 0.1) is 12.9 Å². The monoisotopic (exact) mass is 219 g/mol. The Morgan fingerprint density at radius 3 is 3.00 bits per heavy atom. The van der Waals surface area contributed by atoms with Gasteiger partial charge in [0, 0.05) is 0 Å². The molecule has 0 bridgehead atoms. The number of rotatable bonds is 2. The summed E-state index contributed by atoms with van der Waals surface area (Å²) in [6.45, 7) is 0. The van der Waals surface area contributed by atoms with Crippen LogP contribution in [0.3, 0.4) is 0 Å². The molecular formula is C9H5N3O2S. The van der Waals surface area contributed by atoms with Gasteiger partial charge in [-0.15, -0.1) is 0 Å². The van der Waals surface area contributed by atoms with Crippen molar-refractivity contribution < 1.29 is 8.70 Å². The Labute approximate surface area is 90.6 Å². The van der Waals surface area contributed by atoms with Gasteiger partial charge in [-0.2, -0.15) is 5.26 Å². The van der Waals surface area contributed by atoms with Crippen molar-refractivity contribution in [3.05, 3.63) is 30.2 Å². The zero-order chi connectivity index (χ0) is 10.7. The highest BCUT2D eigenvalue weighted by atomic mass is 32.1. The summed E-state index contributed by atoms with van der Waals surface area (Å²) in [5, 5.41) is 12.1. The van der Waals surface area contributed by atoms with Gasteiger partial charge in [0.2, 0.25) is 5.71 Å². The molecule has 0 atom stereocenters. The van der Waals surface area contributed by atoms with Gasteiger partial charge in [-0.1, -0.05) is 17.3 Å². The predicted molar refractivity (Wildman–Crippen MR) is 56.2 cm³/mol. The fourth-order valence-corrected chi connectivity index (χ4v) is 1.20. The van der Waals surface area contributed by atoms with E-state index in [1.54, 1.807) is 18.2 Å². The second-order valence-electron chi connectivity index (χ2n) is 2.62. The van der Waals surface area contributed by atoms with Gasteiger partial charge in [0.1, 0.15) is 11.6 Å². The second-order valence-corrected chi connectivity index (χ2v) is 2.78. The first-order valence-electron chi connectivity index (χ1n) is 4.00. The molecule has 74 valence electrons. The molecule has 15 heavy (non-hydrogen) atoms. The Hall–Kier alpha value is -2.00. The summed E-state index contributed by atoms with van der Waals surface area (Å²) in [6.07, 6.45) is 0. The van der Waals surface area contributed by atoms with Crippen LogP contribution in [0.1, 0.15) is 5.89 Å². The van der Waals surface area contributed by atoms with E-state index in [0.29, 0.717) is 11.1 Å². The predicted octanol–water partition coefficient (Wildman–Crippen LogP) is 1.92. The van der Waals surface area contributed by atoms with Crippen LogP contribution in [0.5, 0.6) is 0 Å². The molecule has 0 saturated heterocycles. The van der Waals surface area contributed by atoms with Crippen LogP contribution in [0.25, 0.3) is 11.1 Å². The summed E-state index contributed by atoms with van der Waals surface area (Å²) in [4.78, 5) is 4.07. The number of nitrogens with zero attached hydrogens (tertiary/aromatic N) is 3. The largest absolute Gasteiger partial charge is 0.434 e. The van der Waals surface area contributed by atoms with Crippen molar-refractivity contribution in [3.8, 4) is 6.07 Å². The van der Waals surface area contributed by atoms with E-state index in [-0.39, 0.29) is 11.6 Å². The molecule has 1 aromatic heterocycles. The average Bonchev–Trinajstić information content (AvgIpc) is 2.69. The maximum atomic E-state index is 8.74. The molecule has 0 aliphatic rings. The molecule has 0 fully saturated rings. The third-order valence-electron chi connectivity index (χ3n) is 1.73. The molecule has 0 amide bonds. The summed E-state index contributed by atoms with van der Waals surface area (Å²) in [5.74, 6) is 0.118. The third-order valence-corrected chi connectivity index (χ3v) is 1.82. The Morgan fingerprint density at radius 1 is 1.53 bits per heavy atom. The number of hydrogen-bond acceptors (Lipinski definition) is 6. The van der Waals surface area contributed by atoms with Crippen LogP contribution in [0.15, 0.2) is 33.8 Å². The molecule has 0 aliphatic heterocycles. The number of oxazole rings is 1. The Kier molecular flexibility index (Phi) is 2.56. The third kappa shape index (κ3) is 1.78. The van der Waals surface area contributed by atoms with Crippen LogP contribution in [0.2, 0.25) is 0 Å². The lowest BCUT2D eigenvalue weighted by molar-refractivity contribution is 0.413. The second kappa shape index (κ2) is 4.02. The zero-order valence-corrected chi connectivity index (χ0v) is 8.31.